The number of esters is 1. The summed E-state index contributed by atoms with van der Waals surface area (Å²) in [4.78, 5) is 29.2. The van der Waals surface area contributed by atoms with Crippen LogP contribution in [0.4, 0.5) is 0 Å². The highest BCUT2D eigenvalue weighted by atomic mass is 35.5. The number of aromatic nitrogens is 1. The SMILES string of the molecule is CCOc1cc(C=NNC(=O)c2[nH]c3c(OC)cccc3c2-c2ccccc2)ccc1OC(=O)c1ccc(Cl)cc1Cl. The van der Waals surface area contributed by atoms with E-state index >= 15 is 0 Å². The summed E-state index contributed by atoms with van der Waals surface area (Å²) in [6, 6.07) is 24.7. The standard InChI is InChI=1S/C32H25Cl2N3O5/c1-3-41-27-16-19(12-15-25(27)42-32(39)22-14-13-21(33)17-24(22)34)18-35-37-31(38)30-28(20-8-5-4-6-9-20)23-10-7-11-26(40-2)29(23)36-30/h4-18,36H,3H2,1-2H3,(H,37,38). The third-order valence-electron chi connectivity index (χ3n) is 6.31. The van der Waals surface area contributed by atoms with Crippen LogP contribution in [0.2, 0.25) is 10.0 Å². The summed E-state index contributed by atoms with van der Waals surface area (Å²) < 4.78 is 16.7. The first-order valence-electron chi connectivity index (χ1n) is 12.9. The molecule has 0 fully saturated rings. The van der Waals surface area contributed by atoms with Crippen molar-refractivity contribution in [2.45, 2.75) is 6.92 Å². The van der Waals surface area contributed by atoms with E-state index < -0.39 is 11.9 Å². The van der Waals surface area contributed by atoms with Crippen molar-refractivity contribution in [3.8, 4) is 28.4 Å². The Morgan fingerprint density at radius 1 is 0.929 bits per heavy atom. The van der Waals surface area contributed by atoms with E-state index in [1.165, 1.54) is 18.3 Å². The minimum atomic E-state index is -0.657. The van der Waals surface area contributed by atoms with Gasteiger partial charge in [-0.1, -0.05) is 65.7 Å². The molecule has 8 nitrogen and oxygen atoms in total. The monoisotopic (exact) mass is 601 g/mol. The fourth-order valence-corrected chi connectivity index (χ4v) is 4.91. The molecule has 10 heteroatoms. The molecule has 4 aromatic carbocycles. The van der Waals surface area contributed by atoms with Gasteiger partial charge in [0.2, 0.25) is 0 Å². The quantitative estimate of drug-likeness (QED) is 0.0786. The molecular weight excluding hydrogens is 577 g/mol. The number of benzene rings is 4. The van der Waals surface area contributed by atoms with Crippen molar-refractivity contribution in [3.05, 3.63) is 112 Å². The molecule has 5 rings (SSSR count). The van der Waals surface area contributed by atoms with Crippen LogP contribution < -0.4 is 19.6 Å². The maximum Gasteiger partial charge on any atom is 0.345 e. The number of carbonyl (C=O) groups excluding carboxylic acids is 2. The zero-order valence-electron chi connectivity index (χ0n) is 22.6. The van der Waals surface area contributed by atoms with Crippen molar-refractivity contribution < 1.29 is 23.8 Å². The number of hydrazone groups is 1. The fraction of sp³-hybridized carbons (Fsp3) is 0.0938. The van der Waals surface area contributed by atoms with Crippen LogP contribution in [-0.2, 0) is 0 Å². The first kappa shape index (κ1) is 28.7. The van der Waals surface area contributed by atoms with E-state index in [9.17, 15) is 9.59 Å². The number of nitrogens with zero attached hydrogens (tertiary/aromatic N) is 1. The molecule has 0 bridgehead atoms. The van der Waals surface area contributed by atoms with Crippen molar-refractivity contribution >= 4 is 52.2 Å². The number of methoxy groups -OCH3 is 1. The lowest BCUT2D eigenvalue weighted by Crippen LogP contribution is -2.19. The first-order valence-corrected chi connectivity index (χ1v) is 13.7. The van der Waals surface area contributed by atoms with E-state index in [4.69, 9.17) is 37.4 Å². The average molecular weight is 602 g/mol. The Labute approximate surface area is 251 Å². The number of aromatic amines is 1. The lowest BCUT2D eigenvalue weighted by Gasteiger charge is -2.12. The highest BCUT2D eigenvalue weighted by molar-refractivity contribution is 6.36. The Morgan fingerprint density at radius 3 is 2.48 bits per heavy atom. The summed E-state index contributed by atoms with van der Waals surface area (Å²) >= 11 is 12.1. The molecule has 0 aliphatic carbocycles. The van der Waals surface area contributed by atoms with Gasteiger partial charge in [-0.15, -0.1) is 0 Å². The smallest absolute Gasteiger partial charge is 0.345 e. The molecule has 0 unspecified atom stereocenters. The van der Waals surface area contributed by atoms with E-state index in [1.807, 2.05) is 55.5 Å². The summed E-state index contributed by atoms with van der Waals surface area (Å²) in [7, 11) is 1.58. The molecule has 0 atom stereocenters. The molecule has 0 radical (unpaired) electrons. The number of fused-ring (bicyclic) bond motifs is 1. The van der Waals surface area contributed by atoms with Crippen LogP contribution in [0.1, 0.15) is 33.3 Å². The van der Waals surface area contributed by atoms with Gasteiger partial charge >= 0.3 is 5.97 Å². The van der Waals surface area contributed by atoms with Crippen LogP contribution >= 0.6 is 23.2 Å². The molecule has 0 aliphatic heterocycles. The van der Waals surface area contributed by atoms with Crippen LogP contribution in [0, 0.1) is 0 Å². The molecule has 2 N–H and O–H groups in total. The molecule has 42 heavy (non-hydrogen) atoms. The molecule has 0 spiro atoms. The number of halogens is 2. The van der Waals surface area contributed by atoms with Crippen molar-refractivity contribution in [2.24, 2.45) is 5.10 Å². The van der Waals surface area contributed by atoms with Crippen molar-refractivity contribution in [1.29, 1.82) is 0 Å². The van der Waals surface area contributed by atoms with E-state index in [1.54, 1.807) is 31.4 Å². The third kappa shape index (κ3) is 6.10. The van der Waals surface area contributed by atoms with Gasteiger partial charge in [0.05, 0.1) is 36.0 Å². The van der Waals surface area contributed by atoms with Crippen molar-refractivity contribution in [3.63, 3.8) is 0 Å². The number of H-pyrrole nitrogens is 1. The second kappa shape index (κ2) is 12.8. The molecule has 1 amide bonds. The number of para-hydroxylation sites is 1. The molecule has 0 saturated heterocycles. The van der Waals surface area contributed by atoms with Gasteiger partial charge in [-0.05, 0) is 60.5 Å². The topological polar surface area (TPSA) is 102 Å². The Hall–Kier alpha value is -4.79. The fourth-order valence-electron chi connectivity index (χ4n) is 4.42. The summed E-state index contributed by atoms with van der Waals surface area (Å²) in [6.45, 7) is 2.14. The maximum absolute atomic E-state index is 13.3. The second-order valence-electron chi connectivity index (χ2n) is 8.98. The number of nitrogens with one attached hydrogen (secondary N) is 2. The first-order chi connectivity index (χ1) is 20.4. The molecular formula is C32H25Cl2N3O5. The number of amides is 1. The molecule has 212 valence electrons. The predicted octanol–water partition coefficient (Wildman–Crippen LogP) is 7.53. The summed E-state index contributed by atoms with van der Waals surface area (Å²) in [6.07, 6.45) is 1.47. The number of ether oxygens (including phenoxy) is 3. The van der Waals surface area contributed by atoms with E-state index in [0.717, 1.165) is 16.5 Å². The Morgan fingerprint density at radius 2 is 1.74 bits per heavy atom. The van der Waals surface area contributed by atoms with Gasteiger partial charge in [0.1, 0.15) is 11.4 Å². The van der Waals surface area contributed by atoms with Crippen LogP contribution in [0.3, 0.4) is 0 Å². The van der Waals surface area contributed by atoms with Crippen LogP contribution in [0.25, 0.3) is 22.0 Å². The zero-order chi connectivity index (χ0) is 29.6. The molecule has 0 aliphatic rings. The van der Waals surface area contributed by atoms with Gasteiger partial charge in [0, 0.05) is 16.0 Å². The third-order valence-corrected chi connectivity index (χ3v) is 6.85. The van der Waals surface area contributed by atoms with E-state index in [-0.39, 0.29) is 16.3 Å². The summed E-state index contributed by atoms with van der Waals surface area (Å²) in [5.41, 5.74) is 6.03. The van der Waals surface area contributed by atoms with Crippen LogP contribution in [0.15, 0.2) is 90.0 Å². The van der Waals surface area contributed by atoms with Gasteiger partial charge < -0.3 is 19.2 Å². The second-order valence-corrected chi connectivity index (χ2v) is 9.82. The van der Waals surface area contributed by atoms with Crippen molar-refractivity contribution in [2.75, 3.05) is 13.7 Å². The minimum absolute atomic E-state index is 0.168. The molecule has 5 aromatic rings. The number of hydrogen-bond acceptors (Lipinski definition) is 6. The number of carbonyl (C=O) groups is 2. The maximum atomic E-state index is 13.3. The highest BCUT2D eigenvalue weighted by Gasteiger charge is 2.21. The predicted molar refractivity (Wildman–Crippen MR) is 164 cm³/mol. The van der Waals surface area contributed by atoms with Gasteiger partial charge in [-0.2, -0.15) is 5.10 Å². The van der Waals surface area contributed by atoms with Gasteiger partial charge in [0.15, 0.2) is 11.5 Å². The summed E-state index contributed by atoms with van der Waals surface area (Å²) in [5.74, 6) is 0.0537. The summed E-state index contributed by atoms with van der Waals surface area (Å²) in [5, 5.41) is 5.58. The van der Waals surface area contributed by atoms with Crippen LogP contribution in [-0.4, -0.2) is 36.8 Å². The lowest BCUT2D eigenvalue weighted by atomic mass is 10.0. The zero-order valence-corrected chi connectivity index (χ0v) is 24.1. The normalized spacial score (nSPS) is 11.0. The van der Waals surface area contributed by atoms with E-state index in [0.29, 0.717) is 39.9 Å². The van der Waals surface area contributed by atoms with Crippen LogP contribution in [0.5, 0.6) is 17.2 Å². The largest absolute Gasteiger partial charge is 0.495 e. The van der Waals surface area contributed by atoms with E-state index in [2.05, 4.69) is 15.5 Å². The Bertz CT molecular complexity index is 1800. The molecule has 1 aromatic heterocycles. The highest BCUT2D eigenvalue weighted by Crippen LogP contribution is 2.36. The number of hydrogen-bond donors (Lipinski definition) is 2. The van der Waals surface area contributed by atoms with Crippen molar-refractivity contribution in [1.82, 2.24) is 10.4 Å². The molecule has 0 saturated carbocycles. The molecule has 1 heterocycles. The average Bonchev–Trinajstić information content (AvgIpc) is 3.39. The van der Waals surface area contributed by atoms with Gasteiger partial charge in [0.25, 0.3) is 5.91 Å². The number of rotatable bonds is 9. The minimum Gasteiger partial charge on any atom is -0.495 e. The Balaban J connectivity index is 1.38. The van der Waals surface area contributed by atoms with Gasteiger partial charge in [-0.25, -0.2) is 10.2 Å². The lowest BCUT2D eigenvalue weighted by molar-refractivity contribution is 0.0728. The van der Waals surface area contributed by atoms with Gasteiger partial charge in [-0.3, -0.25) is 4.79 Å². The Kier molecular flexibility index (Phi) is 8.76.